The monoisotopic (exact) mass is 761 g/mol. The molecule has 0 aromatic heterocycles. The van der Waals surface area contributed by atoms with Crippen LogP contribution in [0.2, 0.25) is 0 Å². The number of rotatable bonds is 9. The van der Waals surface area contributed by atoms with E-state index in [0.717, 1.165) is 6.42 Å². The van der Waals surface area contributed by atoms with Gasteiger partial charge in [-0.2, -0.15) is 0 Å². The first-order valence-electron chi connectivity index (χ1n) is 19.4. The highest BCUT2D eigenvalue weighted by Gasteiger charge is 2.54. The summed E-state index contributed by atoms with van der Waals surface area (Å²) < 4.78 is 44.8. The van der Waals surface area contributed by atoms with E-state index in [-0.39, 0.29) is 43.2 Å². The lowest BCUT2D eigenvalue weighted by atomic mass is 9.74. The largest absolute Gasteiger partial charge is 0.459 e. The topological polar surface area (TPSA) is 175 Å². The van der Waals surface area contributed by atoms with E-state index in [2.05, 4.69) is 10.2 Å². The van der Waals surface area contributed by atoms with Crippen molar-refractivity contribution in [3.05, 3.63) is 0 Å². The van der Waals surface area contributed by atoms with Gasteiger partial charge >= 0.3 is 5.97 Å². The van der Waals surface area contributed by atoms with E-state index in [9.17, 15) is 24.9 Å². The number of ketones is 1. The third-order valence-electron chi connectivity index (χ3n) is 12.6. The smallest absolute Gasteiger partial charge is 0.311 e. The van der Waals surface area contributed by atoms with Crippen molar-refractivity contribution < 1.29 is 58.1 Å². The van der Waals surface area contributed by atoms with Crippen LogP contribution in [-0.2, 0) is 42.7 Å². The number of likely N-dealkylation sites (N-methyl/N-ethyl adjacent to an activating group) is 2. The maximum Gasteiger partial charge on any atom is 0.311 e. The second-order valence-corrected chi connectivity index (χ2v) is 17.0. The summed E-state index contributed by atoms with van der Waals surface area (Å²) in [6.07, 6.45) is -6.59. The van der Waals surface area contributed by atoms with Crippen LogP contribution in [0.25, 0.3) is 0 Å². The van der Waals surface area contributed by atoms with Crippen molar-refractivity contribution in [2.45, 2.75) is 179 Å². The lowest BCUT2D eigenvalue weighted by Crippen LogP contribution is -2.63. The number of aliphatic hydroxyl groups is 3. The fourth-order valence-corrected chi connectivity index (χ4v) is 8.99. The van der Waals surface area contributed by atoms with Crippen LogP contribution in [0.4, 0.5) is 0 Å². The molecule has 0 aromatic rings. The molecule has 0 saturated carbocycles. The first-order valence-corrected chi connectivity index (χ1v) is 19.4. The van der Waals surface area contributed by atoms with Crippen molar-refractivity contribution in [3.8, 4) is 0 Å². The van der Waals surface area contributed by atoms with Crippen LogP contribution >= 0.6 is 0 Å². The van der Waals surface area contributed by atoms with Gasteiger partial charge in [0.15, 0.2) is 12.6 Å². The van der Waals surface area contributed by atoms with Crippen molar-refractivity contribution in [3.63, 3.8) is 0 Å². The summed E-state index contributed by atoms with van der Waals surface area (Å²) in [6.45, 7) is 17.5. The number of Topliss-reactive ketones (excluding diaryl/α,β-unsaturated/α-hetero) is 1. The highest BCUT2D eigenvalue weighted by molar-refractivity contribution is 5.83. The summed E-state index contributed by atoms with van der Waals surface area (Å²) in [6, 6.07) is -0.188. The third kappa shape index (κ3) is 9.81. The highest BCUT2D eigenvalue weighted by Crippen LogP contribution is 2.42. The van der Waals surface area contributed by atoms with Gasteiger partial charge in [-0.15, -0.1) is 0 Å². The maximum absolute atomic E-state index is 14.3. The summed E-state index contributed by atoms with van der Waals surface area (Å²) in [5.74, 6) is -4.18. The van der Waals surface area contributed by atoms with Gasteiger partial charge in [0.1, 0.15) is 23.6 Å². The molecule has 53 heavy (non-hydrogen) atoms. The van der Waals surface area contributed by atoms with E-state index in [1.54, 1.807) is 48.7 Å². The Labute approximate surface area is 317 Å². The average molecular weight is 761 g/mol. The number of nitrogens with one attached hydrogen (secondary N) is 1. The zero-order valence-electron chi connectivity index (χ0n) is 35.0. The van der Waals surface area contributed by atoms with Gasteiger partial charge in [-0.1, -0.05) is 27.7 Å². The van der Waals surface area contributed by atoms with Gasteiger partial charge in [-0.25, -0.2) is 0 Å². The van der Waals surface area contributed by atoms with Gasteiger partial charge in [0.05, 0.1) is 53.7 Å². The lowest BCUT2D eigenvalue weighted by Gasteiger charge is -2.50. The third-order valence-corrected chi connectivity index (χ3v) is 12.6. The number of nitrogens with zero attached hydrogens (tertiary/aromatic N) is 1. The first-order chi connectivity index (χ1) is 24.5. The van der Waals surface area contributed by atoms with Crippen molar-refractivity contribution >= 4 is 11.8 Å². The minimum absolute atomic E-state index is 0.0270. The van der Waals surface area contributed by atoms with Crippen LogP contribution in [-0.4, -0.2) is 152 Å². The number of carbonyl (C=O) groups excluding carboxylic acids is 2. The molecule has 310 valence electrons. The van der Waals surface area contributed by atoms with Crippen LogP contribution < -0.4 is 5.32 Å². The molecule has 14 heteroatoms. The molecule has 4 N–H and O–H groups in total. The summed E-state index contributed by atoms with van der Waals surface area (Å²) in [4.78, 5) is 30.4. The summed E-state index contributed by atoms with van der Waals surface area (Å²) >= 11 is 0. The molecule has 0 amide bonds. The van der Waals surface area contributed by atoms with Crippen LogP contribution in [0.15, 0.2) is 0 Å². The van der Waals surface area contributed by atoms with Crippen LogP contribution in [0.3, 0.4) is 0 Å². The van der Waals surface area contributed by atoms with Crippen molar-refractivity contribution in [1.29, 1.82) is 0 Å². The lowest BCUT2D eigenvalue weighted by molar-refractivity contribution is -0.313. The second kappa shape index (κ2) is 18.3. The van der Waals surface area contributed by atoms with Crippen LogP contribution in [0.1, 0.15) is 94.9 Å². The summed E-state index contributed by atoms with van der Waals surface area (Å²) in [5.41, 5.74) is -4.12. The normalized spacial score (nSPS) is 48.3. The maximum atomic E-state index is 14.3. The average Bonchev–Trinajstić information content (AvgIpc) is 3.11. The predicted molar refractivity (Wildman–Crippen MR) is 198 cm³/mol. The first kappa shape index (κ1) is 46.1. The number of ether oxygens (including phenoxy) is 7. The van der Waals surface area contributed by atoms with E-state index >= 15 is 0 Å². The standard InChI is InChI=1S/C39H72N2O12/c1-16-27-39(10,46)32(43)22(4)30(42)20(2)18-38(9,48-15)34(53-36-29(41(12)13)26(40-11)17-21(3)49-36)23(5)31(24(6)35(45)51-27)52-28-19-37(8,47-14)33(44)25(7)50-28/h20-29,31-34,36,40,43-44,46H,16-19H2,1-15H3/t20-,21-,22+,23+,24-,25+,26-,27-,28+,29+,31+,32-,33+,34-,36+,37-,38+,39-/m1/s1. The summed E-state index contributed by atoms with van der Waals surface area (Å²) in [7, 11) is 8.94. The molecule has 0 spiro atoms. The number of hydrogen-bond acceptors (Lipinski definition) is 14. The molecule has 0 bridgehead atoms. The fourth-order valence-electron chi connectivity index (χ4n) is 8.99. The molecule has 0 aromatic carbocycles. The fraction of sp³-hybridized carbons (Fsp3) is 0.949. The van der Waals surface area contributed by atoms with E-state index in [0.29, 0.717) is 0 Å². The van der Waals surface area contributed by atoms with Crippen molar-refractivity contribution in [1.82, 2.24) is 10.2 Å². The minimum atomic E-state index is -1.94. The Bertz CT molecular complexity index is 1210. The molecule has 3 aliphatic rings. The molecular formula is C39H72N2O12. The Kier molecular flexibility index (Phi) is 15.9. The molecular weight excluding hydrogens is 688 g/mol. The molecule has 14 nitrogen and oxygen atoms in total. The van der Waals surface area contributed by atoms with Crippen LogP contribution in [0, 0.1) is 23.7 Å². The number of cyclic esters (lactones) is 1. The van der Waals surface area contributed by atoms with Gasteiger partial charge < -0.3 is 58.7 Å². The Balaban J connectivity index is 2.25. The second-order valence-electron chi connectivity index (χ2n) is 17.0. The zero-order chi connectivity index (χ0) is 40.4. The van der Waals surface area contributed by atoms with E-state index in [4.69, 9.17) is 33.2 Å². The van der Waals surface area contributed by atoms with E-state index in [1.807, 2.05) is 41.9 Å². The zero-order valence-corrected chi connectivity index (χ0v) is 35.0. The molecule has 3 heterocycles. The number of esters is 1. The molecule has 0 aliphatic carbocycles. The summed E-state index contributed by atoms with van der Waals surface area (Å²) in [5, 5.41) is 37.5. The SMILES string of the molecule is CC[C@H]1OC(=O)[C@H](C)[C@@H](O[C@H]2C[C@@](C)(OC)[C@@H](O)[C@H](C)O2)[C@H](C)[C@@H](O[C@@H]2O[C@H](C)C[C@@H](NC)[C@@H]2N(C)C)[C@@](C)(OC)C[C@@H](C)C(=O)[C@H](C)[C@@H](O)[C@]1(C)O. The molecule has 0 radical (unpaired) electrons. The minimum Gasteiger partial charge on any atom is -0.459 e. The van der Waals surface area contributed by atoms with E-state index in [1.165, 1.54) is 14.0 Å². The van der Waals surface area contributed by atoms with Gasteiger partial charge in [-0.3, -0.25) is 9.59 Å². The molecule has 0 unspecified atom stereocenters. The number of aliphatic hydroxyl groups excluding tert-OH is 2. The van der Waals surface area contributed by atoms with Gasteiger partial charge in [0.25, 0.3) is 0 Å². The van der Waals surface area contributed by atoms with Gasteiger partial charge in [-0.05, 0) is 81.9 Å². The highest BCUT2D eigenvalue weighted by atomic mass is 16.7. The number of hydrogen-bond donors (Lipinski definition) is 4. The molecule has 3 saturated heterocycles. The predicted octanol–water partition coefficient (Wildman–Crippen LogP) is 2.67. The molecule has 3 aliphatic heterocycles. The Morgan fingerprint density at radius 3 is 2.02 bits per heavy atom. The number of carbonyl (C=O) groups is 2. The quantitative estimate of drug-likeness (QED) is 0.253. The number of methoxy groups -OCH3 is 2. The van der Waals surface area contributed by atoms with Crippen molar-refractivity contribution in [2.24, 2.45) is 23.7 Å². The Morgan fingerprint density at radius 1 is 0.887 bits per heavy atom. The van der Waals surface area contributed by atoms with Crippen LogP contribution in [0.5, 0.6) is 0 Å². The Hall–Kier alpha value is -1.30. The molecule has 18 atom stereocenters. The molecule has 3 rings (SSSR count). The van der Waals surface area contributed by atoms with E-state index < -0.39 is 95.6 Å². The Morgan fingerprint density at radius 2 is 1.49 bits per heavy atom. The molecule has 3 fully saturated rings. The van der Waals surface area contributed by atoms with Crippen molar-refractivity contribution in [2.75, 3.05) is 35.4 Å². The van der Waals surface area contributed by atoms with Gasteiger partial charge in [0, 0.05) is 44.4 Å². The van der Waals surface area contributed by atoms with Gasteiger partial charge in [0.2, 0.25) is 0 Å².